The van der Waals surface area contributed by atoms with Crippen molar-refractivity contribution in [2.75, 3.05) is 11.9 Å². The lowest BCUT2D eigenvalue weighted by Gasteiger charge is -2.04. The van der Waals surface area contributed by atoms with Gasteiger partial charge in [0, 0.05) is 30.9 Å². The second-order valence-corrected chi connectivity index (χ2v) is 4.04. The molecule has 0 aliphatic heterocycles. The van der Waals surface area contributed by atoms with Crippen molar-refractivity contribution in [2.24, 2.45) is 0 Å². The Morgan fingerprint density at radius 3 is 2.88 bits per heavy atom. The van der Waals surface area contributed by atoms with E-state index in [0.717, 1.165) is 29.1 Å². The van der Waals surface area contributed by atoms with Gasteiger partial charge in [-0.05, 0) is 28.1 Å². The topological polar surface area (TPSA) is 50.7 Å². The monoisotopic (exact) mass is 278 g/mol. The zero-order valence-electron chi connectivity index (χ0n) is 8.60. The summed E-state index contributed by atoms with van der Waals surface area (Å²) in [5.74, 6) is 0.817. The number of halogens is 1. The summed E-state index contributed by atoms with van der Waals surface area (Å²) in [6.07, 6.45) is 4.20. The fourth-order valence-corrected chi connectivity index (χ4v) is 1.60. The van der Waals surface area contributed by atoms with Gasteiger partial charge in [-0.1, -0.05) is 6.07 Å². The SMILES string of the molecule is Brc1cc(NCCc2ccccn2)ncn1. The van der Waals surface area contributed by atoms with Crippen LogP contribution < -0.4 is 5.32 Å². The maximum Gasteiger partial charge on any atom is 0.130 e. The molecular formula is C11H11BrN4. The third-order valence-corrected chi connectivity index (χ3v) is 2.48. The number of hydrogen-bond acceptors (Lipinski definition) is 4. The molecule has 0 aromatic carbocycles. The lowest BCUT2D eigenvalue weighted by molar-refractivity contribution is 0.949. The van der Waals surface area contributed by atoms with Crippen molar-refractivity contribution in [1.29, 1.82) is 0 Å². The lowest BCUT2D eigenvalue weighted by atomic mass is 10.3. The van der Waals surface area contributed by atoms with Crippen molar-refractivity contribution in [3.8, 4) is 0 Å². The largest absolute Gasteiger partial charge is 0.370 e. The summed E-state index contributed by atoms with van der Waals surface area (Å²) in [5.41, 5.74) is 1.07. The van der Waals surface area contributed by atoms with Gasteiger partial charge in [-0.25, -0.2) is 9.97 Å². The summed E-state index contributed by atoms with van der Waals surface area (Å²) < 4.78 is 0.780. The van der Waals surface area contributed by atoms with Crippen molar-refractivity contribution < 1.29 is 0 Å². The van der Waals surface area contributed by atoms with Gasteiger partial charge in [0.2, 0.25) is 0 Å². The summed E-state index contributed by atoms with van der Waals surface area (Å²) in [7, 11) is 0. The first-order valence-corrected chi connectivity index (χ1v) is 5.75. The van der Waals surface area contributed by atoms with E-state index < -0.39 is 0 Å². The predicted molar refractivity (Wildman–Crippen MR) is 66.2 cm³/mol. The smallest absolute Gasteiger partial charge is 0.130 e. The molecule has 0 spiro atoms. The Kier molecular flexibility index (Phi) is 3.82. The molecule has 0 saturated heterocycles. The molecule has 0 bridgehead atoms. The van der Waals surface area contributed by atoms with Crippen LogP contribution >= 0.6 is 15.9 Å². The molecule has 0 unspecified atom stereocenters. The van der Waals surface area contributed by atoms with E-state index in [4.69, 9.17) is 0 Å². The van der Waals surface area contributed by atoms with Gasteiger partial charge < -0.3 is 5.32 Å². The summed E-state index contributed by atoms with van der Waals surface area (Å²) in [5, 5.41) is 3.21. The van der Waals surface area contributed by atoms with Crippen LogP contribution in [0.25, 0.3) is 0 Å². The van der Waals surface area contributed by atoms with Crippen molar-refractivity contribution in [2.45, 2.75) is 6.42 Å². The fraction of sp³-hybridized carbons (Fsp3) is 0.182. The quantitative estimate of drug-likeness (QED) is 0.872. The molecule has 0 fully saturated rings. The van der Waals surface area contributed by atoms with Crippen LogP contribution in [0.2, 0.25) is 0 Å². The van der Waals surface area contributed by atoms with E-state index >= 15 is 0 Å². The van der Waals surface area contributed by atoms with E-state index in [-0.39, 0.29) is 0 Å². The van der Waals surface area contributed by atoms with Crippen LogP contribution in [0.15, 0.2) is 41.4 Å². The third kappa shape index (κ3) is 3.27. The first-order valence-electron chi connectivity index (χ1n) is 4.96. The maximum absolute atomic E-state index is 4.25. The first kappa shape index (κ1) is 11.0. The third-order valence-electron chi connectivity index (χ3n) is 2.05. The minimum atomic E-state index is 0.780. The molecule has 0 atom stereocenters. The van der Waals surface area contributed by atoms with Gasteiger partial charge in [0.1, 0.15) is 16.7 Å². The Balaban J connectivity index is 1.85. The Morgan fingerprint density at radius 1 is 1.19 bits per heavy atom. The Hall–Kier alpha value is -1.49. The van der Waals surface area contributed by atoms with Crippen LogP contribution in [0, 0.1) is 0 Å². The number of anilines is 1. The van der Waals surface area contributed by atoms with Crippen LogP contribution in [0.5, 0.6) is 0 Å². The summed E-state index contributed by atoms with van der Waals surface area (Å²) >= 11 is 3.30. The molecule has 4 nitrogen and oxygen atoms in total. The van der Waals surface area contributed by atoms with Gasteiger partial charge in [-0.2, -0.15) is 0 Å². The van der Waals surface area contributed by atoms with E-state index in [1.165, 1.54) is 6.33 Å². The molecule has 1 N–H and O–H groups in total. The molecule has 5 heteroatoms. The molecule has 82 valence electrons. The normalized spacial score (nSPS) is 10.1. The van der Waals surface area contributed by atoms with Crippen LogP contribution in [0.3, 0.4) is 0 Å². The van der Waals surface area contributed by atoms with Crippen molar-refractivity contribution in [3.63, 3.8) is 0 Å². The molecule has 0 radical (unpaired) electrons. The number of pyridine rings is 1. The van der Waals surface area contributed by atoms with Crippen LogP contribution in [0.4, 0.5) is 5.82 Å². The van der Waals surface area contributed by atoms with Crippen LogP contribution in [-0.2, 0) is 6.42 Å². The van der Waals surface area contributed by atoms with Gasteiger partial charge in [0.25, 0.3) is 0 Å². The van der Waals surface area contributed by atoms with E-state index in [1.807, 2.05) is 24.3 Å². The fourth-order valence-electron chi connectivity index (χ4n) is 1.29. The highest BCUT2D eigenvalue weighted by atomic mass is 79.9. The first-order chi connectivity index (χ1) is 7.84. The lowest BCUT2D eigenvalue weighted by Crippen LogP contribution is -2.07. The maximum atomic E-state index is 4.25. The molecule has 2 heterocycles. The Morgan fingerprint density at radius 2 is 2.12 bits per heavy atom. The zero-order valence-corrected chi connectivity index (χ0v) is 10.2. The highest BCUT2D eigenvalue weighted by molar-refractivity contribution is 9.10. The van der Waals surface area contributed by atoms with Gasteiger partial charge in [-0.3, -0.25) is 4.98 Å². The number of nitrogens with one attached hydrogen (secondary N) is 1. The molecule has 2 rings (SSSR count). The predicted octanol–water partition coefficient (Wildman–Crippen LogP) is 2.29. The van der Waals surface area contributed by atoms with E-state index in [9.17, 15) is 0 Å². The molecular weight excluding hydrogens is 268 g/mol. The van der Waals surface area contributed by atoms with Gasteiger partial charge >= 0.3 is 0 Å². The van der Waals surface area contributed by atoms with Gasteiger partial charge in [0.05, 0.1) is 0 Å². The van der Waals surface area contributed by atoms with Gasteiger partial charge in [0.15, 0.2) is 0 Å². The summed E-state index contributed by atoms with van der Waals surface area (Å²) in [4.78, 5) is 12.3. The number of nitrogens with zero attached hydrogens (tertiary/aromatic N) is 3. The highest BCUT2D eigenvalue weighted by Crippen LogP contribution is 2.09. The average Bonchev–Trinajstić information content (AvgIpc) is 2.30. The molecule has 0 amide bonds. The molecule has 0 aliphatic rings. The van der Waals surface area contributed by atoms with Crippen molar-refractivity contribution >= 4 is 21.7 Å². The summed E-state index contributed by atoms with van der Waals surface area (Å²) in [6.45, 7) is 0.806. The minimum absolute atomic E-state index is 0.780. The second-order valence-electron chi connectivity index (χ2n) is 3.22. The van der Waals surface area contributed by atoms with Crippen LogP contribution in [-0.4, -0.2) is 21.5 Å². The Bertz CT molecular complexity index is 447. The molecule has 2 aromatic rings. The summed E-state index contributed by atoms with van der Waals surface area (Å²) in [6, 6.07) is 7.76. The number of rotatable bonds is 4. The zero-order chi connectivity index (χ0) is 11.2. The van der Waals surface area contributed by atoms with E-state index in [2.05, 4.69) is 36.2 Å². The number of hydrogen-bond donors (Lipinski definition) is 1. The molecule has 0 aliphatic carbocycles. The Labute approximate surface area is 102 Å². The number of aromatic nitrogens is 3. The van der Waals surface area contributed by atoms with E-state index in [0.29, 0.717) is 0 Å². The van der Waals surface area contributed by atoms with Crippen LogP contribution in [0.1, 0.15) is 5.69 Å². The van der Waals surface area contributed by atoms with Gasteiger partial charge in [-0.15, -0.1) is 0 Å². The van der Waals surface area contributed by atoms with Crippen molar-refractivity contribution in [3.05, 3.63) is 47.1 Å². The standard InChI is InChI=1S/C11H11BrN4/c12-10-7-11(16-8-15-10)14-6-4-9-3-1-2-5-13-9/h1-3,5,7-8H,4,6H2,(H,14,15,16). The van der Waals surface area contributed by atoms with E-state index in [1.54, 1.807) is 6.20 Å². The average molecular weight is 279 g/mol. The molecule has 2 aromatic heterocycles. The highest BCUT2D eigenvalue weighted by Gasteiger charge is 1.96. The second kappa shape index (κ2) is 5.55. The molecule has 0 saturated carbocycles. The minimum Gasteiger partial charge on any atom is -0.370 e. The van der Waals surface area contributed by atoms with Crippen molar-refractivity contribution in [1.82, 2.24) is 15.0 Å². The molecule has 16 heavy (non-hydrogen) atoms.